The minimum Gasteiger partial charge on any atom is -0.358 e. The molecule has 214 valence electrons. The molecule has 1 heterocycles. The summed E-state index contributed by atoms with van der Waals surface area (Å²) in [6, 6.07) is 11.2. The Morgan fingerprint density at radius 2 is 1.93 bits per heavy atom. The number of benzene rings is 1. The van der Waals surface area contributed by atoms with Gasteiger partial charge in [-0.15, -0.1) is 0 Å². The number of aromatic nitrogens is 1. The van der Waals surface area contributed by atoms with E-state index in [0.29, 0.717) is 25.0 Å². The topological polar surface area (TPSA) is 56.7 Å². The van der Waals surface area contributed by atoms with Crippen LogP contribution in [0, 0.1) is 11.3 Å². The van der Waals surface area contributed by atoms with Gasteiger partial charge in [0.2, 0.25) is 0 Å². The molecule has 1 atom stereocenters. The second-order valence-corrected chi connectivity index (χ2v) is 11.8. The molecule has 0 saturated heterocycles. The molecule has 0 aliphatic heterocycles. The number of allylic oxidation sites excluding steroid dienone is 9. The largest absolute Gasteiger partial charge is 0.358 e. The molecule has 0 amide bonds. The Kier molecular flexibility index (Phi) is 10.5. The first-order valence-corrected chi connectivity index (χ1v) is 15.2. The van der Waals surface area contributed by atoms with Crippen LogP contribution in [-0.4, -0.2) is 16.5 Å². The Hall–Kier alpha value is -3.72. The van der Waals surface area contributed by atoms with Crippen LogP contribution in [-0.2, 0) is 17.6 Å². The number of fused-ring (bicyclic) bond motifs is 1. The van der Waals surface area contributed by atoms with Crippen molar-refractivity contribution in [2.45, 2.75) is 85.0 Å². The van der Waals surface area contributed by atoms with Crippen molar-refractivity contribution >= 4 is 17.6 Å². The first kappa shape index (κ1) is 30.2. The molecular weight excluding hydrogens is 500 g/mol. The monoisotopic (exact) mass is 546 g/mol. The van der Waals surface area contributed by atoms with Crippen LogP contribution in [0.5, 0.6) is 0 Å². The van der Waals surface area contributed by atoms with Gasteiger partial charge in [0, 0.05) is 29.9 Å². The Morgan fingerprint density at radius 1 is 1.15 bits per heavy atom. The summed E-state index contributed by atoms with van der Waals surface area (Å²) in [5.74, 6) is 0.982. The first-order valence-electron chi connectivity index (χ1n) is 15.2. The molecule has 2 aromatic rings. The van der Waals surface area contributed by atoms with Crippen LogP contribution >= 0.6 is 0 Å². The highest BCUT2D eigenvalue weighted by atomic mass is 16.1. The molecular formula is C38H46N2O. The van der Waals surface area contributed by atoms with Gasteiger partial charge in [0.25, 0.3) is 0 Å². The van der Waals surface area contributed by atoms with Crippen molar-refractivity contribution in [1.29, 1.82) is 5.41 Å². The highest BCUT2D eigenvalue weighted by Crippen LogP contribution is 2.30. The lowest BCUT2D eigenvalue weighted by atomic mass is 9.91. The molecule has 2 aliphatic rings. The Balaban J connectivity index is 1.47. The van der Waals surface area contributed by atoms with E-state index in [9.17, 15) is 4.79 Å². The zero-order valence-electron chi connectivity index (χ0n) is 25.2. The predicted octanol–water partition coefficient (Wildman–Crippen LogP) is 10.1. The zero-order valence-corrected chi connectivity index (χ0v) is 25.2. The summed E-state index contributed by atoms with van der Waals surface area (Å²) in [6.45, 7) is 13.9. The van der Waals surface area contributed by atoms with E-state index in [1.165, 1.54) is 48.9 Å². The molecule has 0 radical (unpaired) electrons. The van der Waals surface area contributed by atoms with Gasteiger partial charge in [-0.2, -0.15) is 0 Å². The van der Waals surface area contributed by atoms with E-state index < -0.39 is 0 Å². The lowest BCUT2D eigenvalue weighted by Crippen LogP contribution is -2.08. The highest BCUT2D eigenvalue weighted by Gasteiger charge is 2.18. The highest BCUT2D eigenvalue weighted by molar-refractivity contribution is 6.00. The van der Waals surface area contributed by atoms with E-state index in [-0.39, 0.29) is 5.78 Å². The quantitative estimate of drug-likeness (QED) is 0.118. The molecule has 3 heteroatoms. The molecule has 2 N–H and O–H groups in total. The molecule has 1 unspecified atom stereocenters. The average Bonchev–Trinajstić information content (AvgIpc) is 3.10. The molecule has 2 aliphatic carbocycles. The smallest absolute Gasteiger partial charge is 0.163 e. The molecule has 0 spiro atoms. The number of hydrogen-bond donors (Lipinski definition) is 2. The number of H-pyrrole nitrogens is 1. The third-order valence-corrected chi connectivity index (χ3v) is 8.77. The second kappa shape index (κ2) is 14.3. The fourth-order valence-electron chi connectivity index (χ4n) is 5.89. The summed E-state index contributed by atoms with van der Waals surface area (Å²) in [6.07, 6.45) is 20.0. The van der Waals surface area contributed by atoms with Crippen molar-refractivity contribution in [2.24, 2.45) is 5.92 Å². The van der Waals surface area contributed by atoms with Crippen LogP contribution in [0.15, 0.2) is 95.7 Å². The normalized spacial score (nSPS) is 17.4. The van der Waals surface area contributed by atoms with Gasteiger partial charge in [-0.3, -0.25) is 4.79 Å². The van der Waals surface area contributed by atoms with E-state index in [4.69, 9.17) is 5.41 Å². The van der Waals surface area contributed by atoms with Gasteiger partial charge < -0.3 is 10.4 Å². The molecule has 1 aromatic heterocycles. The van der Waals surface area contributed by atoms with Crippen LogP contribution < -0.4 is 0 Å². The van der Waals surface area contributed by atoms with Crippen molar-refractivity contribution in [3.8, 4) is 11.3 Å². The molecule has 4 rings (SSSR count). The van der Waals surface area contributed by atoms with E-state index in [0.717, 1.165) is 52.3 Å². The van der Waals surface area contributed by atoms with Gasteiger partial charge in [0.1, 0.15) is 0 Å². The number of aromatic amines is 1. The number of ketones is 1. The standard InChI is InChI=1S/C38H46N2O/c1-6-28-10-8-11-29(15-14-28)22-30-16-18-32(19-17-30)37-25-33-23-31(12-9-13-36(33)40-37)24-38(41)35(27(5)26(3)4)21-20-34(39)7-2/h7,9,11-12,16-19,23,25,28,39-40H,2-3,6,8,10,13-15,20-22,24H2,1,4-5H3. The van der Waals surface area contributed by atoms with Gasteiger partial charge in [0.15, 0.2) is 5.78 Å². The Morgan fingerprint density at radius 3 is 2.63 bits per heavy atom. The minimum absolute atomic E-state index is 0.0991. The fourth-order valence-corrected chi connectivity index (χ4v) is 5.89. The Labute approximate surface area is 247 Å². The lowest BCUT2D eigenvalue weighted by Gasteiger charge is -2.12. The number of hydrogen-bond acceptors (Lipinski definition) is 2. The summed E-state index contributed by atoms with van der Waals surface area (Å²) in [7, 11) is 0. The SMILES string of the molecule is C=CC(=N)CCC(C(=O)CC1=Cc2cc(-c3ccc(CC4=CCCC(CC)CC4)cc3)[nH]c2CC=C1)=C(C)C(=C)C. The van der Waals surface area contributed by atoms with E-state index in [1.807, 2.05) is 13.8 Å². The summed E-state index contributed by atoms with van der Waals surface area (Å²) < 4.78 is 0. The number of nitrogens with one attached hydrogen (secondary N) is 2. The van der Waals surface area contributed by atoms with Crippen LogP contribution in [0.1, 0.15) is 89.0 Å². The maximum atomic E-state index is 13.5. The molecule has 1 aromatic carbocycles. The van der Waals surface area contributed by atoms with Crippen molar-refractivity contribution in [1.82, 2.24) is 4.98 Å². The molecule has 0 fully saturated rings. The maximum absolute atomic E-state index is 13.5. The van der Waals surface area contributed by atoms with Crippen LogP contribution in [0.25, 0.3) is 17.3 Å². The number of carbonyl (C=O) groups excluding carboxylic acids is 1. The van der Waals surface area contributed by atoms with Gasteiger partial charge in [-0.05, 0) is 116 Å². The van der Waals surface area contributed by atoms with E-state index >= 15 is 0 Å². The first-order chi connectivity index (χ1) is 19.8. The van der Waals surface area contributed by atoms with Crippen LogP contribution in [0.2, 0.25) is 0 Å². The van der Waals surface area contributed by atoms with Gasteiger partial charge in [-0.1, -0.05) is 80.1 Å². The van der Waals surface area contributed by atoms with Crippen LogP contribution in [0.4, 0.5) is 0 Å². The molecule has 0 saturated carbocycles. The molecule has 3 nitrogen and oxygen atoms in total. The Bertz CT molecular complexity index is 1420. The number of rotatable bonds is 12. The fraction of sp³-hybridized carbons (Fsp3) is 0.368. The molecule has 0 bridgehead atoms. The second-order valence-electron chi connectivity index (χ2n) is 11.8. The third-order valence-electron chi connectivity index (χ3n) is 8.77. The van der Waals surface area contributed by atoms with E-state index in [2.05, 4.69) is 79.7 Å². The summed E-state index contributed by atoms with van der Waals surface area (Å²) >= 11 is 0. The van der Waals surface area contributed by atoms with E-state index in [1.54, 1.807) is 11.6 Å². The van der Waals surface area contributed by atoms with Crippen molar-refractivity contribution in [2.75, 3.05) is 0 Å². The van der Waals surface area contributed by atoms with Gasteiger partial charge >= 0.3 is 0 Å². The average molecular weight is 547 g/mol. The maximum Gasteiger partial charge on any atom is 0.163 e. The van der Waals surface area contributed by atoms with Gasteiger partial charge in [0.05, 0.1) is 0 Å². The number of Topliss-reactive ketones (excluding diaryl/α,β-unsaturated/α-hetero) is 1. The zero-order chi connectivity index (χ0) is 29.4. The summed E-state index contributed by atoms with van der Waals surface area (Å²) in [5, 5.41) is 7.94. The number of carbonyl (C=O) groups is 1. The third kappa shape index (κ3) is 8.16. The lowest BCUT2D eigenvalue weighted by molar-refractivity contribution is -0.115. The van der Waals surface area contributed by atoms with Gasteiger partial charge in [-0.25, -0.2) is 0 Å². The van der Waals surface area contributed by atoms with Crippen LogP contribution in [0.3, 0.4) is 0 Å². The summed E-state index contributed by atoms with van der Waals surface area (Å²) in [4.78, 5) is 17.1. The van der Waals surface area contributed by atoms with Crippen molar-refractivity contribution in [3.05, 3.63) is 112 Å². The van der Waals surface area contributed by atoms with Crippen molar-refractivity contribution in [3.63, 3.8) is 0 Å². The summed E-state index contributed by atoms with van der Waals surface area (Å²) in [5.41, 5.74) is 11.6. The molecule has 41 heavy (non-hydrogen) atoms. The predicted molar refractivity (Wildman–Crippen MR) is 175 cm³/mol. The minimum atomic E-state index is 0.0991. The van der Waals surface area contributed by atoms with Crippen molar-refractivity contribution < 1.29 is 4.79 Å².